The van der Waals surface area contributed by atoms with Gasteiger partial charge in [-0.15, -0.1) is 0 Å². The molecule has 1 aromatic carbocycles. The van der Waals surface area contributed by atoms with Crippen LogP contribution in [0.3, 0.4) is 0 Å². The van der Waals surface area contributed by atoms with Crippen molar-refractivity contribution in [2.45, 2.75) is 6.42 Å². The van der Waals surface area contributed by atoms with E-state index in [1.807, 2.05) is 36.0 Å². The van der Waals surface area contributed by atoms with Crippen LogP contribution in [0.2, 0.25) is 5.02 Å². The van der Waals surface area contributed by atoms with E-state index in [0.29, 0.717) is 19.1 Å². The number of hydrogen-bond donors (Lipinski definition) is 1. The lowest BCUT2D eigenvalue weighted by atomic mass is 9.93. The quantitative estimate of drug-likeness (QED) is 0.894. The zero-order valence-corrected chi connectivity index (χ0v) is 11.3. The highest BCUT2D eigenvalue weighted by Crippen LogP contribution is 2.29. The van der Waals surface area contributed by atoms with Crippen LogP contribution in [0.5, 0.6) is 5.75 Å². The van der Waals surface area contributed by atoms with Gasteiger partial charge in [-0.05, 0) is 54.7 Å². The van der Waals surface area contributed by atoms with Gasteiger partial charge in [0.15, 0.2) is 0 Å². The van der Waals surface area contributed by atoms with Gasteiger partial charge in [0.25, 0.3) is 0 Å². The molecule has 94 valence electrons. The average Bonchev–Trinajstić information content (AvgIpc) is 2.86. The van der Waals surface area contributed by atoms with Gasteiger partial charge in [-0.2, -0.15) is 11.8 Å². The first-order valence-corrected chi connectivity index (χ1v) is 7.49. The Morgan fingerprint density at radius 1 is 1.41 bits per heavy atom. The molecular formula is C13H18ClNOS. The van der Waals surface area contributed by atoms with Crippen molar-refractivity contribution >= 4 is 23.4 Å². The summed E-state index contributed by atoms with van der Waals surface area (Å²) in [5.74, 6) is 4.56. The monoisotopic (exact) mass is 271 g/mol. The second kappa shape index (κ2) is 6.53. The molecule has 1 aromatic rings. The van der Waals surface area contributed by atoms with Crippen LogP contribution < -0.4 is 10.5 Å². The van der Waals surface area contributed by atoms with E-state index in [4.69, 9.17) is 22.1 Å². The Morgan fingerprint density at radius 2 is 2.18 bits per heavy atom. The SMILES string of the molecule is NCC(COc1ccc(Cl)cc1)C1CCSC1. The zero-order valence-electron chi connectivity index (χ0n) is 9.77. The van der Waals surface area contributed by atoms with E-state index in [2.05, 4.69) is 0 Å². The second-order valence-corrected chi connectivity index (χ2v) is 5.97. The lowest BCUT2D eigenvalue weighted by molar-refractivity contribution is 0.209. The smallest absolute Gasteiger partial charge is 0.119 e. The topological polar surface area (TPSA) is 35.2 Å². The van der Waals surface area contributed by atoms with Gasteiger partial charge in [0.05, 0.1) is 6.61 Å². The Bertz CT molecular complexity index is 338. The van der Waals surface area contributed by atoms with Crippen LogP contribution >= 0.6 is 23.4 Å². The van der Waals surface area contributed by atoms with Gasteiger partial charge in [-0.25, -0.2) is 0 Å². The molecule has 2 rings (SSSR count). The minimum absolute atomic E-state index is 0.473. The predicted octanol–water partition coefficient (Wildman–Crippen LogP) is 3.05. The highest BCUT2D eigenvalue weighted by molar-refractivity contribution is 7.99. The fourth-order valence-electron chi connectivity index (χ4n) is 2.06. The zero-order chi connectivity index (χ0) is 12.1. The van der Waals surface area contributed by atoms with Crippen LogP contribution in [0.1, 0.15) is 6.42 Å². The van der Waals surface area contributed by atoms with Gasteiger partial charge in [-0.1, -0.05) is 11.6 Å². The van der Waals surface area contributed by atoms with Crippen LogP contribution in [0, 0.1) is 11.8 Å². The first-order valence-electron chi connectivity index (χ1n) is 5.96. The van der Waals surface area contributed by atoms with Crippen molar-refractivity contribution in [3.05, 3.63) is 29.3 Å². The largest absolute Gasteiger partial charge is 0.493 e. The average molecular weight is 272 g/mol. The molecular weight excluding hydrogens is 254 g/mol. The number of thioether (sulfide) groups is 1. The van der Waals surface area contributed by atoms with Crippen molar-refractivity contribution in [3.63, 3.8) is 0 Å². The summed E-state index contributed by atoms with van der Waals surface area (Å²) in [6.07, 6.45) is 1.27. The second-order valence-electron chi connectivity index (χ2n) is 4.38. The normalized spacial score (nSPS) is 21.4. The van der Waals surface area contributed by atoms with Crippen LogP contribution in [-0.2, 0) is 0 Å². The molecule has 2 nitrogen and oxygen atoms in total. The van der Waals surface area contributed by atoms with Crippen molar-refractivity contribution in [1.82, 2.24) is 0 Å². The Balaban J connectivity index is 1.84. The third-order valence-electron chi connectivity index (χ3n) is 3.21. The molecule has 1 fully saturated rings. The minimum Gasteiger partial charge on any atom is -0.493 e. The summed E-state index contributed by atoms with van der Waals surface area (Å²) in [6, 6.07) is 7.50. The molecule has 0 saturated carbocycles. The Hall–Kier alpha value is -0.380. The highest BCUT2D eigenvalue weighted by Gasteiger charge is 2.24. The van der Waals surface area contributed by atoms with Crippen LogP contribution in [0.25, 0.3) is 0 Å². The summed E-state index contributed by atoms with van der Waals surface area (Å²) < 4.78 is 5.78. The fourth-order valence-corrected chi connectivity index (χ4v) is 3.56. The number of nitrogens with two attached hydrogens (primary N) is 1. The van der Waals surface area contributed by atoms with Gasteiger partial charge in [0.1, 0.15) is 5.75 Å². The summed E-state index contributed by atoms with van der Waals surface area (Å²) in [6.45, 7) is 1.42. The molecule has 17 heavy (non-hydrogen) atoms. The fraction of sp³-hybridized carbons (Fsp3) is 0.538. The molecule has 1 saturated heterocycles. The molecule has 1 aliphatic rings. The molecule has 4 heteroatoms. The molecule has 0 aromatic heterocycles. The van der Waals surface area contributed by atoms with Gasteiger partial charge >= 0.3 is 0 Å². The van der Waals surface area contributed by atoms with Gasteiger partial charge in [-0.3, -0.25) is 0 Å². The molecule has 0 aliphatic carbocycles. The van der Waals surface area contributed by atoms with Gasteiger partial charge in [0.2, 0.25) is 0 Å². The maximum Gasteiger partial charge on any atom is 0.119 e. The Morgan fingerprint density at radius 3 is 2.76 bits per heavy atom. The van der Waals surface area contributed by atoms with E-state index >= 15 is 0 Å². The predicted molar refractivity (Wildman–Crippen MR) is 74.9 cm³/mol. The Labute approximate surface area is 112 Å². The highest BCUT2D eigenvalue weighted by atomic mass is 35.5. The first kappa shape index (κ1) is 13.1. The summed E-state index contributed by atoms with van der Waals surface area (Å²) in [5.41, 5.74) is 5.83. The molecule has 0 radical (unpaired) electrons. The number of ether oxygens (including phenoxy) is 1. The molecule has 0 bridgehead atoms. The third kappa shape index (κ3) is 3.80. The molecule has 2 atom stereocenters. The van der Waals surface area contributed by atoms with Crippen molar-refractivity contribution < 1.29 is 4.74 Å². The summed E-state index contributed by atoms with van der Waals surface area (Å²) in [4.78, 5) is 0. The molecule has 2 unspecified atom stereocenters. The minimum atomic E-state index is 0.473. The van der Waals surface area contributed by atoms with Crippen LogP contribution in [0.15, 0.2) is 24.3 Å². The number of rotatable bonds is 5. The maximum atomic E-state index is 5.83. The van der Waals surface area contributed by atoms with E-state index in [1.54, 1.807) is 0 Å². The molecule has 0 spiro atoms. The van der Waals surface area contributed by atoms with E-state index in [-0.39, 0.29) is 0 Å². The third-order valence-corrected chi connectivity index (χ3v) is 4.65. The van der Waals surface area contributed by atoms with Gasteiger partial charge < -0.3 is 10.5 Å². The Kier molecular flexibility index (Phi) is 5.01. The molecule has 0 amide bonds. The molecule has 1 heterocycles. The number of hydrogen-bond acceptors (Lipinski definition) is 3. The summed E-state index contributed by atoms with van der Waals surface area (Å²) in [7, 11) is 0. The summed E-state index contributed by atoms with van der Waals surface area (Å²) >= 11 is 7.85. The number of benzene rings is 1. The first-order chi connectivity index (χ1) is 8.29. The van der Waals surface area contributed by atoms with Crippen LogP contribution in [-0.4, -0.2) is 24.7 Å². The standard InChI is InChI=1S/C13H18ClNOS/c14-12-1-3-13(4-2-12)16-8-11(7-15)10-5-6-17-9-10/h1-4,10-11H,5-9,15H2. The van der Waals surface area contributed by atoms with E-state index in [0.717, 1.165) is 16.7 Å². The van der Waals surface area contributed by atoms with Crippen molar-refractivity contribution in [3.8, 4) is 5.75 Å². The maximum absolute atomic E-state index is 5.83. The lowest BCUT2D eigenvalue weighted by Gasteiger charge is -2.21. The van der Waals surface area contributed by atoms with Crippen LogP contribution in [0.4, 0.5) is 0 Å². The molecule has 1 aliphatic heterocycles. The number of halogens is 1. The lowest BCUT2D eigenvalue weighted by Crippen LogP contribution is -2.29. The van der Waals surface area contributed by atoms with Crippen molar-refractivity contribution in [2.75, 3.05) is 24.7 Å². The van der Waals surface area contributed by atoms with E-state index in [1.165, 1.54) is 17.9 Å². The summed E-state index contributed by atoms with van der Waals surface area (Å²) in [5, 5.41) is 0.736. The van der Waals surface area contributed by atoms with Crippen molar-refractivity contribution in [1.29, 1.82) is 0 Å². The van der Waals surface area contributed by atoms with E-state index < -0.39 is 0 Å². The van der Waals surface area contributed by atoms with Gasteiger partial charge in [0, 0.05) is 10.9 Å². The van der Waals surface area contributed by atoms with E-state index in [9.17, 15) is 0 Å². The van der Waals surface area contributed by atoms with Crippen molar-refractivity contribution in [2.24, 2.45) is 17.6 Å². The molecule has 2 N–H and O–H groups in total.